The average molecular weight is 288 g/mol. The highest BCUT2D eigenvalue weighted by Gasteiger charge is 2.21. The number of aryl methyl sites for hydroxylation is 1. The molecule has 19 heavy (non-hydrogen) atoms. The predicted molar refractivity (Wildman–Crippen MR) is 69.5 cm³/mol. The SMILES string of the molecule is COC(=O)C(Cc1ccc(C)c(F)c1)NC(=O)CCl. The number of carbonyl (C=O) groups excluding carboxylic acids is 2. The molecule has 6 heteroatoms. The lowest BCUT2D eigenvalue weighted by molar-refractivity contribution is -0.144. The summed E-state index contributed by atoms with van der Waals surface area (Å²) in [6.45, 7) is 1.65. The second-order valence-corrected chi connectivity index (χ2v) is 4.33. The van der Waals surface area contributed by atoms with Gasteiger partial charge in [-0.3, -0.25) is 4.79 Å². The number of ether oxygens (including phenoxy) is 1. The standard InChI is InChI=1S/C13H15ClFNO3/c1-8-3-4-9(5-10(8)15)6-11(13(18)19-2)16-12(17)7-14/h3-5,11H,6-7H2,1-2H3,(H,16,17). The van der Waals surface area contributed by atoms with Gasteiger partial charge in [0, 0.05) is 6.42 Å². The van der Waals surface area contributed by atoms with Gasteiger partial charge in [0.25, 0.3) is 0 Å². The van der Waals surface area contributed by atoms with Crippen LogP contribution >= 0.6 is 11.6 Å². The number of hydrogen-bond donors (Lipinski definition) is 1. The minimum atomic E-state index is -0.877. The Bertz CT molecular complexity index is 479. The van der Waals surface area contributed by atoms with E-state index in [1.165, 1.54) is 13.2 Å². The summed E-state index contributed by atoms with van der Waals surface area (Å²) in [7, 11) is 1.22. The minimum absolute atomic E-state index is 0.145. The third-order valence-corrected chi connectivity index (χ3v) is 2.86. The van der Waals surface area contributed by atoms with E-state index < -0.39 is 17.9 Å². The fraction of sp³-hybridized carbons (Fsp3) is 0.385. The molecule has 0 radical (unpaired) electrons. The summed E-state index contributed by atoms with van der Waals surface area (Å²) < 4.78 is 18.0. The third kappa shape index (κ3) is 4.52. The van der Waals surface area contributed by atoms with Crippen LogP contribution in [0.4, 0.5) is 4.39 Å². The highest BCUT2D eigenvalue weighted by Crippen LogP contribution is 2.11. The molecule has 104 valence electrons. The molecule has 1 aromatic carbocycles. The van der Waals surface area contributed by atoms with Gasteiger partial charge in [0.15, 0.2) is 0 Å². The van der Waals surface area contributed by atoms with Crippen LogP contribution in [0, 0.1) is 12.7 Å². The summed E-state index contributed by atoms with van der Waals surface area (Å²) in [5.74, 6) is -1.69. The van der Waals surface area contributed by atoms with Crippen molar-refractivity contribution in [3.8, 4) is 0 Å². The van der Waals surface area contributed by atoms with Gasteiger partial charge in [0.1, 0.15) is 17.7 Å². The van der Waals surface area contributed by atoms with E-state index in [-0.39, 0.29) is 18.1 Å². The first-order chi connectivity index (χ1) is 8.97. The smallest absolute Gasteiger partial charge is 0.328 e. The van der Waals surface area contributed by atoms with E-state index in [9.17, 15) is 14.0 Å². The number of methoxy groups -OCH3 is 1. The van der Waals surface area contributed by atoms with Crippen molar-refractivity contribution in [1.82, 2.24) is 5.32 Å². The minimum Gasteiger partial charge on any atom is -0.467 e. The normalized spacial score (nSPS) is 11.8. The van der Waals surface area contributed by atoms with Crippen molar-refractivity contribution in [1.29, 1.82) is 0 Å². The molecule has 1 unspecified atom stereocenters. The second kappa shape index (κ2) is 7.09. The Hall–Kier alpha value is -1.62. The number of alkyl halides is 1. The van der Waals surface area contributed by atoms with E-state index in [1.807, 2.05) is 0 Å². The topological polar surface area (TPSA) is 55.4 Å². The number of benzene rings is 1. The van der Waals surface area contributed by atoms with Crippen molar-refractivity contribution < 1.29 is 18.7 Å². The van der Waals surface area contributed by atoms with Crippen LogP contribution in [-0.2, 0) is 20.7 Å². The number of hydrogen-bond acceptors (Lipinski definition) is 3. The lowest BCUT2D eigenvalue weighted by atomic mass is 10.0. The zero-order valence-corrected chi connectivity index (χ0v) is 11.5. The zero-order valence-electron chi connectivity index (χ0n) is 10.7. The Kier molecular flexibility index (Phi) is 5.76. The molecule has 1 aromatic rings. The molecule has 0 heterocycles. The van der Waals surface area contributed by atoms with Gasteiger partial charge in [0.2, 0.25) is 5.91 Å². The van der Waals surface area contributed by atoms with Crippen LogP contribution in [-0.4, -0.2) is 30.9 Å². The van der Waals surface area contributed by atoms with Gasteiger partial charge in [-0.2, -0.15) is 0 Å². The molecule has 0 saturated heterocycles. The molecule has 0 bridgehead atoms. The van der Waals surface area contributed by atoms with Gasteiger partial charge in [-0.1, -0.05) is 12.1 Å². The van der Waals surface area contributed by atoms with Crippen LogP contribution < -0.4 is 5.32 Å². The fourth-order valence-electron chi connectivity index (χ4n) is 1.57. The Morgan fingerprint density at radius 3 is 2.68 bits per heavy atom. The van der Waals surface area contributed by atoms with E-state index >= 15 is 0 Å². The third-order valence-electron chi connectivity index (χ3n) is 2.62. The fourth-order valence-corrected chi connectivity index (χ4v) is 1.64. The average Bonchev–Trinajstić information content (AvgIpc) is 2.41. The van der Waals surface area contributed by atoms with Crippen LogP contribution in [0.5, 0.6) is 0 Å². The number of nitrogens with one attached hydrogen (secondary N) is 1. The Morgan fingerprint density at radius 1 is 1.47 bits per heavy atom. The molecule has 1 rings (SSSR count). The maximum Gasteiger partial charge on any atom is 0.328 e. The molecule has 4 nitrogen and oxygen atoms in total. The van der Waals surface area contributed by atoms with Crippen LogP contribution in [0.25, 0.3) is 0 Å². The summed E-state index contributed by atoms with van der Waals surface area (Å²) in [4.78, 5) is 22.8. The van der Waals surface area contributed by atoms with Gasteiger partial charge >= 0.3 is 5.97 Å². The van der Waals surface area contributed by atoms with Crippen LogP contribution in [0.2, 0.25) is 0 Å². The van der Waals surface area contributed by atoms with E-state index in [0.717, 1.165) is 0 Å². The molecule has 0 saturated carbocycles. The highest BCUT2D eigenvalue weighted by atomic mass is 35.5. The molecule has 0 aliphatic carbocycles. The van der Waals surface area contributed by atoms with E-state index in [1.54, 1.807) is 19.1 Å². The number of rotatable bonds is 5. The number of carbonyl (C=O) groups is 2. The van der Waals surface area contributed by atoms with E-state index in [4.69, 9.17) is 11.6 Å². The molecule has 1 atom stereocenters. The second-order valence-electron chi connectivity index (χ2n) is 4.06. The maximum atomic E-state index is 13.4. The van der Waals surface area contributed by atoms with Crippen LogP contribution in [0.3, 0.4) is 0 Å². The predicted octanol–water partition coefficient (Wildman–Crippen LogP) is 1.57. The van der Waals surface area contributed by atoms with Crippen molar-refractivity contribution in [2.75, 3.05) is 13.0 Å². The summed E-state index contributed by atoms with van der Waals surface area (Å²) in [6, 6.07) is 3.76. The summed E-state index contributed by atoms with van der Waals surface area (Å²) in [5.41, 5.74) is 1.11. The van der Waals surface area contributed by atoms with Crippen molar-refractivity contribution in [3.63, 3.8) is 0 Å². The Morgan fingerprint density at radius 2 is 2.16 bits per heavy atom. The summed E-state index contributed by atoms with van der Waals surface area (Å²) >= 11 is 5.37. The maximum absolute atomic E-state index is 13.4. The summed E-state index contributed by atoms with van der Waals surface area (Å²) in [6.07, 6.45) is 0.145. The largest absolute Gasteiger partial charge is 0.467 e. The number of halogens is 2. The molecular formula is C13H15ClFNO3. The van der Waals surface area contributed by atoms with Crippen LogP contribution in [0.1, 0.15) is 11.1 Å². The number of esters is 1. The van der Waals surface area contributed by atoms with Gasteiger partial charge in [-0.15, -0.1) is 11.6 Å². The number of amides is 1. The van der Waals surface area contributed by atoms with Crippen molar-refractivity contribution in [3.05, 3.63) is 35.1 Å². The highest BCUT2D eigenvalue weighted by molar-refractivity contribution is 6.27. The first-order valence-electron chi connectivity index (χ1n) is 5.66. The monoisotopic (exact) mass is 287 g/mol. The van der Waals surface area contributed by atoms with E-state index in [2.05, 4.69) is 10.1 Å². The Labute approximate surface area is 115 Å². The molecule has 0 aromatic heterocycles. The molecule has 1 amide bonds. The van der Waals surface area contributed by atoms with Crippen LogP contribution in [0.15, 0.2) is 18.2 Å². The lowest BCUT2D eigenvalue weighted by Gasteiger charge is -2.16. The molecule has 0 aliphatic heterocycles. The van der Waals surface area contributed by atoms with Gasteiger partial charge in [-0.05, 0) is 24.1 Å². The van der Waals surface area contributed by atoms with Crippen molar-refractivity contribution in [2.24, 2.45) is 0 Å². The zero-order chi connectivity index (χ0) is 14.4. The first kappa shape index (κ1) is 15.4. The first-order valence-corrected chi connectivity index (χ1v) is 6.19. The molecule has 0 fully saturated rings. The van der Waals surface area contributed by atoms with Crippen molar-refractivity contribution >= 4 is 23.5 Å². The molecule has 0 spiro atoms. The molecular weight excluding hydrogens is 273 g/mol. The summed E-state index contributed by atoms with van der Waals surface area (Å²) in [5, 5.41) is 2.43. The van der Waals surface area contributed by atoms with Gasteiger partial charge in [-0.25, -0.2) is 9.18 Å². The quantitative estimate of drug-likeness (QED) is 0.661. The van der Waals surface area contributed by atoms with Crippen molar-refractivity contribution in [2.45, 2.75) is 19.4 Å². The Balaban J connectivity index is 2.84. The molecule has 1 N–H and O–H groups in total. The van der Waals surface area contributed by atoms with Gasteiger partial charge in [0.05, 0.1) is 7.11 Å². The lowest BCUT2D eigenvalue weighted by Crippen LogP contribution is -2.43. The van der Waals surface area contributed by atoms with E-state index in [0.29, 0.717) is 11.1 Å². The van der Waals surface area contributed by atoms with Gasteiger partial charge < -0.3 is 10.1 Å². The molecule has 0 aliphatic rings.